The molecule has 0 atom stereocenters. The third-order valence-electron chi connectivity index (χ3n) is 4.58. The van der Waals surface area contributed by atoms with Crippen molar-refractivity contribution in [3.63, 3.8) is 0 Å². The van der Waals surface area contributed by atoms with Crippen molar-refractivity contribution in [2.45, 2.75) is 37.2 Å². The first-order valence-corrected chi connectivity index (χ1v) is 10.3. The fourth-order valence-corrected chi connectivity index (χ4v) is 3.90. The minimum atomic E-state index is -3.64. The van der Waals surface area contributed by atoms with Crippen LogP contribution in [0.2, 0.25) is 0 Å². The lowest BCUT2D eigenvalue weighted by atomic mass is 10.1. The number of methoxy groups -OCH3 is 1. The molecule has 6 nitrogen and oxygen atoms in total. The molecule has 0 radical (unpaired) electrons. The molecule has 1 fully saturated rings. The molecular weight excluding hydrogens is 364 g/mol. The highest BCUT2D eigenvalue weighted by Crippen LogP contribution is 2.25. The maximum atomic E-state index is 12.8. The molecule has 0 unspecified atom stereocenters. The molecule has 0 saturated heterocycles. The number of ether oxygens (including phenoxy) is 1. The summed E-state index contributed by atoms with van der Waals surface area (Å²) in [6, 6.07) is 12.1. The van der Waals surface area contributed by atoms with Crippen molar-refractivity contribution in [3.05, 3.63) is 59.2 Å². The quantitative estimate of drug-likeness (QED) is 0.791. The van der Waals surface area contributed by atoms with Crippen LogP contribution in [0, 0.1) is 6.92 Å². The van der Waals surface area contributed by atoms with Crippen LogP contribution in [0.3, 0.4) is 0 Å². The molecule has 0 bridgehead atoms. The number of carbonyl (C=O) groups excluding carboxylic acids is 1. The molecule has 144 valence electrons. The molecule has 0 heterocycles. The third kappa shape index (κ3) is 4.48. The van der Waals surface area contributed by atoms with E-state index in [1.807, 2.05) is 6.92 Å². The van der Waals surface area contributed by atoms with E-state index in [0.717, 1.165) is 18.4 Å². The van der Waals surface area contributed by atoms with Crippen LogP contribution in [0.1, 0.15) is 34.3 Å². The van der Waals surface area contributed by atoms with E-state index in [1.165, 1.54) is 18.5 Å². The standard InChI is InChI=1S/C20H24N2O4S/c1-14-4-9-18(10-5-14)27(24,25)22(2)13-16-12-15(6-11-19(16)26-3)20(23)21-17-7-8-17/h4-6,9-12,17H,7-8,13H2,1-3H3,(H,21,23). The van der Waals surface area contributed by atoms with Crippen molar-refractivity contribution in [2.75, 3.05) is 14.2 Å². The number of carbonyl (C=O) groups is 1. The number of aryl methyl sites for hydroxylation is 1. The van der Waals surface area contributed by atoms with Gasteiger partial charge in [-0.05, 0) is 50.1 Å². The number of nitrogens with one attached hydrogen (secondary N) is 1. The van der Waals surface area contributed by atoms with E-state index < -0.39 is 10.0 Å². The van der Waals surface area contributed by atoms with E-state index in [1.54, 1.807) is 42.5 Å². The first-order valence-electron chi connectivity index (χ1n) is 8.82. The lowest BCUT2D eigenvalue weighted by Crippen LogP contribution is -2.28. The lowest BCUT2D eigenvalue weighted by molar-refractivity contribution is 0.0951. The van der Waals surface area contributed by atoms with Gasteiger partial charge in [0.2, 0.25) is 10.0 Å². The van der Waals surface area contributed by atoms with E-state index >= 15 is 0 Å². The number of nitrogens with zero attached hydrogens (tertiary/aromatic N) is 1. The molecule has 0 spiro atoms. The van der Waals surface area contributed by atoms with Crippen molar-refractivity contribution in [1.82, 2.24) is 9.62 Å². The first-order chi connectivity index (χ1) is 12.8. The van der Waals surface area contributed by atoms with E-state index in [4.69, 9.17) is 4.74 Å². The van der Waals surface area contributed by atoms with Crippen LogP contribution in [-0.2, 0) is 16.6 Å². The monoisotopic (exact) mass is 388 g/mol. The van der Waals surface area contributed by atoms with Crippen LogP contribution in [0.25, 0.3) is 0 Å². The number of hydrogen-bond donors (Lipinski definition) is 1. The summed E-state index contributed by atoms with van der Waals surface area (Å²) < 4.78 is 32.3. The zero-order chi connectivity index (χ0) is 19.6. The van der Waals surface area contributed by atoms with Crippen molar-refractivity contribution >= 4 is 15.9 Å². The predicted molar refractivity (Wildman–Crippen MR) is 103 cm³/mol. The van der Waals surface area contributed by atoms with Gasteiger partial charge in [-0.15, -0.1) is 0 Å². The topological polar surface area (TPSA) is 75.7 Å². The summed E-state index contributed by atoms with van der Waals surface area (Å²) in [6.45, 7) is 2.01. The van der Waals surface area contributed by atoms with Gasteiger partial charge in [0.05, 0.1) is 12.0 Å². The van der Waals surface area contributed by atoms with Gasteiger partial charge in [0.1, 0.15) is 5.75 Å². The van der Waals surface area contributed by atoms with Gasteiger partial charge in [-0.3, -0.25) is 4.79 Å². The van der Waals surface area contributed by atoms with Gasteiger partial charge >= 0.3 is 0 Å². The van der Waals surface area contributed by atoms with Gasteiger partial charge in [-0.25, -0.2) is 8.42 Å². The highest BCUT2D eigenvalue weighted by Gasteiger charge is 2.25. The number of amides is 1. The normalized spacial score (nSPS) is 14.2. The molecule has 1 amide bonds. The summed E-state index contributed by atoms with van der Waals surface area (Å²) in [5.41, 5.74) is 2.13. The fraction of sp³-hybridized carbons (Fsp3) is 0.350. The van der Waals surface area contributed by atoms with Crippen LogP contribution >= 0.6 is 0 Å². The van der Waals surface area contributed by atoms with E-state index in [2.05, 4.69) is 5.32 Å². The second kappa shape index (κ2) is 7.70. The van der Waals surface area contributed by atoms with Gasteiger partial charge in [0.25, 0.3) is 5.91 Å². The molecule has 1 N–H and O–H groups in total. The van der Waals surface area contributed by atoms with E-state index in [0.29, 0.717) is 16.9 Å². The van der Waals surface area contributed by atoms with Gasteiger partial charge in [0.15, 0.2) is 0 Å². The fourth-order valence-electron chi connectivity index (χ4n) is 2.75. The lowest BCUT2D eigenvalue weighted by Gasteiger charge is -2.19. The van der Waals surface area contributed by atoms with Gasteiger partial charge in [-0.1, -0.05) is 17.7 Å². The Hall–Kier alpha value is -2.38. The molecule has 0 aromatic heterocycles. The van der Waals surface area contributed by atoms with Crippen LogP contribution in [0.15, 0.2) is 47.4 Å². The second-order valence-corrected chi connectivity index (χ2v) is 8.89. The van der Waals surface area contributed by atoms with Gasteiger partial charge < -0.3 is 10.1 Å². The van der Waals surface area contributed by atoms with Crippen LogP contribution in [0.4, 0.5) is 0 Å². The van der Waals surface area contributed by atoms with Gasteiger partial charge in [0, 0.05) is 30.8 Å². The molecule has 27 heavy (non-hydrogen) atoms. The van der Waals surface area contributed by atoms with Crippen LogP contribution < -0.4 is 10.1 Å². The number of benzene rings is 2. The summed E-state index contributed by atoms with van der Waals surface area (Å²) in [6.07, 6.45) is 2.01. The summed E-state index contributed by atoms with van der Waals surface area (Å²) in [5, 5.41) is 2.94. The van der Waals surface area contributed by atoms with Crippen molar-refractivity contribution in [3.8, 4) is 5.75 Å². The van der Waals surface area contributed by atoms with E-state index in [9.17, 15) is 13.2 Å². The summed E-state index contributed by atoms with van der Waals surface area (Å²) >= 11 is 0. The minimum Gasteiger partial charge on any atom is -0.496 e. The average molecular weight is 388 g/mol. The Kier molecular flexibility index (Phi) is 5.53. The highest BCUT2D eigenvalue weighted by molar-refractivity contribution is 7.89. The largest absolute Gasteiger partial charge is 0.496 e. The maximum Gasteiger partial charge on any atom is 0.251 e. The smallest absolute Gasteiger partial charge is 0.251 e. The van der Waals surface area contributed by atoms with Gasteiger partial charge in [-0.2, -0.15) is 4.31 Å². The molecule has 2 aromatic carbocycles. The second-order valence-electron chi connectivity index (χ2n) is 6.85. The number of sulfonamides is 1. The Labute approximate surface area is 160 Å². The van der Waals surface area contributed by atoms with Crippen molar-refractivity contribution < 1.29 is 17.9 Å². The Bertz CT molecular complexity index is 935. The Morgan fingerprint density at radius 3 is 2.44 bits per heavy atom. The van der Waals surface area contributed by atoms with E-state index in [-0.39, 0.29) is 23.4 Å². The average Bonchev–Trinajstić information content (AvgIpc) is 3.46. The highest BCUT2D eigenvalue weighted by atomic mass is 32.2. The molecule has 7 heteroatoms. The molecule has 1 aliphatic rings. The van der Waals surface area contributed by atoms with Crippen molar-refractivity contribution in [2.24, 2.45) is 0 Å². The van der Waals surface area contributed by atoms with Crippen LogP contribution in [-0.4, -0.2) is 38.8 Å². The maximum absolute atomic E-state index is 12.8. The molecule has 2 aromatic rings. The predicted octanol–water partition coefficient (Wildman–Crippen LogP) is 2.72. The zero-order valence-corrected chi connectivity index (χ0v) is 16.5. The molecule has 0 aliphatic heterocycles. The molecule has 1 saturated carbocycles. The third-order valence-corrected chi connectivity index (χ3v) is 6.39. The van der Waals surface area contributed by atoms with Crippen LogP contribution in [0.5, 0.6) is 5.75 Å². The van der Waals surface area contributed by atoms with Crippen molar-refractivity contribution in [1.29, 1.82) is 0 Å². The molecule has 1 aliphatic carbocycles. The zero-order valence-electron chi connectivity index (χ0n) is 15.7. The Morgan fingerprint density at radius 1 is 1.19 bits per heavy atom. The minimum absolute atomic E-state index is 0.101. The molecular formula is C20H24N2O4S. The molecule has 3 rings (SSSR count). The SMILES string of the molecule is COc1ccc(C(=O)NC2CC2)cc1CN(C)S(=O)(=O)c1ccc(C)cc1. The summed E-state index contributed by atoms with van der Waals surface area (Å²) in [7, 11) is -0.599. The summed E-state index contributed by atoms with van der Waals surface area (Å²) in [4.78, 5) is 12.5. The Balaban J connectivity index is 1.84. The Morgan fingerprint density at radius 2 is 1.85 bits per heavy atom. The first kappa shape index (κ1) is 19.4. The number of rotatable bonds is 7. The summed E-state index contributed by atoms with van der Waals surface area (Å²) in [5.74, 6) is 0.398. The number of hydrogen-bond acceptors (Lipinski definition) is 4.